The maximum absolute atomic E-state index is 13.1. The molecule has 10 nitrogen and oxygen atoms in total. The number of ether oxygens (including phenoxy) is 2. The van der Waals surface area contributed by atoms with Crippen LogP contribution in [0.3, 0.4) is 0 Å². The number of carboxylic acids is 2. The molecule has 0 atom stereocenters. The maximum atomic E-state index is 13.1. The summed E-state index contributed by atoms with van der Waals surface area (Å²) in [5, 5.41) is 34.8. The Labute approximate surface area is 313 Å². The van der Waals surface area contributed by atoms with Crippen LogP contribution in [0.15, 0.2) is 51.7 Å². The van der Waals surface area contributed by atoms with Crippen molar-refractivity contribution in [2.24, 2.45) is 0 Å². The standard InChI is InChI=1S/C30H28O10.3Na/c1-3-17-13-21(16(2)31)23(32)15-26(17)39-12-4-11-38-24-9-6-20-28(35)22-14-18(30(36)37)5-8-25(22)40-29(20)19(24)7-10-27(33)34;;;/h5-6,8-9,13-15,32H,3-4,7,10-12H2,1-2H3,(H,33,34)(H,36,37);;;/q;3*+1/p-3. The predicted octanol–water partition coefficient (Wildman–Crippen LogP) is -7.31. The van der Waals surface area contributed by atoms with Crippen LogP contribution in [-0.2, 0) is 17.6 Å². The van der Waals surface area contributed by atoms with Crippen LogP contribution in [0.25, 0.3) is 21.9 Å². The van der Waals surface area contributed by atoms with Crippen molar-refractivity contribution in [1.82, 2.24) is 0 Å². The van der Waals surface area contributed by atoms with E-state index in [9.17, 15) is 34.5 Å². The molecule has 0 spiro atoms. The first-order valence-electron chi connectivity index (χ1n) is 12.6. The van der Waals surface area contributed by atoms with Crippen molar-refractivity contribution in [3.8, 4) is 17.2 Å². The SMILES string of the molecule is CCc1cc(C(C)=O)c([O-])cc1OCCCOc1ccc2c(=O)c3cc(C(=O)[O-])ccc3oc2c1CCC(=O)[O-].[Na+].[Na+].[Na+]. The summed E-state index contributed by atoms with van der Waals surface area (Å²) in [6, 6.07) is 9.62. The third-order valence-electron chi connectivity index (χ3n) is 6.44. The number of hydrogen-bond acceptors (Lipinski definition) is 10. The van der Waals surface area contributed by atoms with E-state index in [0.717, 1.165) is 5.56 Å². The van der Waals surface area contributed by atoms with E-state index >= 15 is 0 Å². The van der Waals surface area contributed by atoms with E-state index in [2.05, 4.69) is 0 Å². The molecule has 0 unspecified atom stereocenters. The van der Waals surface area contributed by atoms with Gasteiger partial charge in [0.15, 0.2) is 5.78 Å². The monoisotopic (exact) mass is 614 g/mol. The smallest absolute Gasteiger partial charge is 0.872 e. The molecular formula is C30H25Na3O10. The third kappa shape index (κ3) is 9.32. The Bertz CT molecular complexity index is 1700. The average Bonchev–Trinajstić information content (AvgIpc) is 2.91. The molecule has 0 aliphatic rings. The number of ketones is 1. The van der Waals surface area contributed by atoms with E-state index in [4.69, 9.17) is 13.9 Å². The van der Waals surface area contributed by atoms with Crippen LogP contribution in [0.1, 0.15) is 58.5 Å². The van der Waals surface area contributed by atoms with Crippen LogP contribution in [0.5, 0.6) is 17.2 Å². The zero-order valence-corrected chi connectivity index (χ0v) is 30.9. The molecule has 0 aliphatic heterocycles. The zero-order chi connectivity index (χ0) is 29.0. The summed E-state index contributed by atoms with van der Waals surface area (Å²) >= 11 is 0. The van der Waals surface area contributed by atoms with Crippen molar-refractivity contribution in [3.05, 3.63) is 74.9 Å². The van der Waals surface area contributed by atoms with Gasteiger partial charge in [0.2, 0.25) is 5.43 Å². The molecule has 0 N–H and O–H groups in total. The van der Waals surface area contributed by atoms with E-state index < -0.39 is 23.1 Å². The number of rotatable bonds is 12. The van der Waals surface area contributed by atoms with Crippen LogP contribution in [0, 0.1) is 0 Å². The number of aromatic carboxylic acids is 1. The molecule has 0 radical (unpaired) electrons. The number of hydrogen-bond donors (Lipinski definition) is 0. The van der Waals surface area contributed by atoms with Crippen molar-refractivity contribution in [1.29, 1.82) is 0 Å². The number of Topliss-reactive ketones (excluding diaryl/α,β-unsaturated/α-hetero) is 1. The number of carbonyl (C=O) groups is 3. The Balaban J connectivity index is 0.00000308. The molecule has 3 aromatic carbocycles. The summed E-state index contributed by atoms with van der Waals surface area (Å²) in [6.45, 7) is 3.59. The van der Waals surface area contributed by atoms with Gasteiger partial charge in [-0.25, -0.2) is 0 Å². The van der Waals surface area contributed by atoms with E-state index in [-0.39, 0.29) is 154 Å². The molecule has 43 heavy (non-hydrogen) atoms. The van der Waals surface area contributed by atoms with Crippen molar-refractivity contribution >= 4 is 39.7 Å². The zero-order valence-electron chi connectivity index (χ0n) is 24.9. The van der Waals surface area contributed by atoms with Crippen LogP contribution in [-0.4, -0.2) is 30.9 Å². The van der Waals surface area contributed by atoms with E-state index in [0.29, 0.717) is 29.9 Å². The molecule has 4 rings (SSSR count). The fourth-order valence-electron chi connectivity index (χ4n) is 4.40. The van der Waals surface area contributed by atoms with Crippen molar-refractivity contribution < 1.29 is 132 Å². The number of benzene rings is 3. The number of fused-ring (bicyclic) bond motifs is 2. The molecule has 208 valence electrons. The second-order valence-electron chi connectivity index (χ2n) is 9.14. The Kier molecular flexibility index (Phi) is 16.0. The third-order valence-corrected chi connectivity index (χ3v) is 6.44. The molecular weight excluding hydrogens is 589 g/mol. The van der Waals surface area contributed by atoms with Crippen LogP contribution in [0.2, 0.25) is 0 Å². The molecule has 0 aliphatic carbocycles. The maximum Gasteiger partial charge on any atom is 1.00 e. The largest absolute Gasteiger partial charge is 1.00 e. The Hall–Kier alpha value is -1.86. The molecule has 0 saturated heterocycles. The van der Waals surface area contributed by atoms with Gasteiger partial charge in [-0.2, -0.15) is 0 Å². The second kappa shape index (κ2) is 17.6. The number of aryl methyl sites for hydroxylation is 2. The second-order valence-corrected chi connectivity index (χ2v) is 9.14. The minimum absolute atomic E-state index is 0. The van der Waals surface area contributed by atoms with Gasteiger partial charge in [0, 0.05) is 23.5 Å². The summed E-state index contributed by atoms with van der Waals surface area (Å²) < 4.78 is 17.6. The molecule has 0 bridgehead atoms. The minimum atomic E-state index is -1.43. The van der Waals surface area contributed by atoms with Crippen molar-refractivity contribution in [2.45, 2.75) is 39.5 Å². The van der Waals surface area contributed by atoms with Gasteiger partial charge in [-0.15, -0.1) is 0 Å². The van der Waals surface area contributed by atoms with Crippen LogP contribution < -0.4 is 119 Å². The van der Waals surface area contributed by atoms with Crippen molar-refractivity contribution in [2.75, 3.05) is 13.2 Å². The number of carboxylic acid groups (broad SMARTS) is 2. The van der Waals surface area contributed by atoms with Crippen LogP contribution >= 0.6 is 0 Å². The first-order valence-corrected chi connectivity index (χ1v) is 12.6. The van der Waals surface area contributed by atoms with Gasteiger partial charge < -0.3 is 38.8 Å². The van der Waals surface area contributed by atoms with Gasteiger partial charge in [-0.3, -0.25) is 9.59 Å². The Morgan fingerprint density at radius 1 is 0.884 bits per heavy atom. The van der Waals surface area contributed by atoms with Crippen molar-refractivity contribution in [3.63, 3.8) is 0 Å². The van der Waals surface area contributed by atoms with Gasteiger partial charge >= 0.3 is 88.7 Å². The normalized spacial score (nSPS) is 10.3. The topological polar surface area (TPSA) is 169 Å². The molecule has 0 fully saturated rings. The van der Waals surface area contributed by atoms with E-state index in [1.165, 1.54) is 43.3 Å². The summed E-state index contributed by atoms with van der Waals surface area (Å²) in [5.74, 6) is -2.74. The molecule has 0 amide bonds. The van der Waals surface area contributed by atoms with Gasteiger partial charge in [0.1, 0.15) is 22.7 Å². The van der Waals surface area contributed by atoms with E-state index in [1.54, 1.807) is 6.07 Å². The van der Waals surface area contributed by atoms with Gasteiger partial charge in [-0.1, -0.05) is 12.7 Å². The number of carbonyl (C=O) groups excluding carboxylic acids is 3. The van der Waals surface area contributed by atoms with Gasteiger partial charge in [0.25, 0.3) is 0 Å². The Morgan fingerprint density at radius 2 is 1.56 bits per heavy atom. The fraction of sp³-hybridized carbons (Fsp3) is 0.267. The summed E-state index contributed by atoms with van der Waals surface area (Å²) in [6.07, 6.45) is 0.584. The molecule has 0 saturated carbocycles. The molecule has 1 aromatic heterocycles. The average molecular weight is 614 g/mol. The molecule has 1 heterocycles. The predicted molar refractivity (Wildman–Crippen MR) is 139 cm³/mol. The Morgan fingerprint density at radius 3 is 2.16 bits per heavy atom. The summed E-state index contributed by atoms with van der Waals surface area (Å²) in [5.41, 5.74) is 0.818. The van der Waals surface area contributed by atoms with Gasteiger partial charge in [0.05, 0.1) is 30.0 Å². The quantitative estimate of drug-likeness (QED) is 0.0647. The van der Waals surface area contributed by atoms with Crippen LogP contribution in [0.4, 0.5) is 0 Å². The fourth-order valence-corrected chi connectivity index (χ4v) is 4.40. The summed E-state index contributed by atoms with van der Waals surface area (Å²) in [4.78, 5) is 47.2. The number of aliphatic carboxylic acids is 1. The molecule has 13 heteroatoms. The minimum Gasteiger partial charge on any atom is -0.872 e. The van der Waals surface area contributed by atoms with E-state index in [1.807, 2.05) is 6.92 Å². The molecule has 4 aromatic rings. The first-order chi connectivity index (χ1) is 19.1. The first kappa shape index (κ1) is 39.2. The van der Waals surface area contributed by atoms with Gasteiger partial charge in [-0.05, 0) is 79.8 Å². The summed E-state index contributed by atoms with van der Waals surface area (Å²) in [7, 11) is 0.